The van der Waals surface area contributed by atoms with E-state index in [1.165, 1.54) is 74.1 Å². The van der Waals surface area contributed by atoms with E-state index >= 15 is 0 Å². The lowest BCUT2D eigenvalue weighted by atomic mass is 9.50. The minimum Gasteiger partial charge on any atom is -0.321 e. The Bertz CT molecular complexity index is 771. The predicted octanol–water partition coefficient (Wildman–Crippen LogP) is 5.26. The van der Waals surface area contributed by atoms with Gasteiger partial charge in [0, 0.05) is 16.7 Å². The van der Waals surface area contributed by atoms with Crippen LogP contribution in [0.2, 0.25) is 0 Å². The number of hydrogen-bond donors (Lipinski definition) is 0. The maximum absolute atomic E-state index is 5.03. The summed E-state index contributed by atoms with van der Waals surface area (Å²) in [5, 5.41) is 0. The molecule has 2 aromatic rings. The summed E-state index contributed by atoms with van der Waals surface area (Å²) in [4.78, 5) is 5.03. The zero-order valence-electron chi connectivity index (χ0n) is 14.4. The van der Waals surface area contributed by atoms with E-state index < -0.39 is 0 Å². The van der Waals surface area contributed by atoms with Gasteiger partial charge in [0.1, 0.15) is 5.82 Å². The fraction of sp³-hybridized carbons (Fsp3) is 0.571. The van der Waals surface area contributed by atoms with E-state index in [1.807, 2.05) is 0 Å². The van der Waals surface area contributed by atoms with Crippen molar-refractivity contribution in [1.29, 1.82) is 0 Å². The first-order valence-corrected chi connectivity index (χ1v) is 9.36. The van der Waals surface area contributed by atoms with Gasteiger partial charge in [0.2, 0.25) is 0 Å². The molecule has 0 spiro atoms. The quantitative estimate of drug-likeness (QED) is 0.649. The molecular formula is C21H26N2. The van der Waals surface area contributed by atoms with Crippen molar-refractivity contribution in [3.8, 4) is 11.4 Å². The van der Waals surface area contributed by atoms with Crippen LogP contribution in [0.3, 0.4) is 0 Å². The fourth-order valence-corrected chi connectivity index (χ4v) is 6.25. The second-order valence-corrected chi connectivity index (χ2v) is 8.02. The number of rotatable bonds is 0. The average molecular weight is 306 g/mol. The van der Waals surface area contributed by atoms with Gasteiger partial charge in [0.05, 0.1) is 11.2 Å². The first kappa shape index (κ1) is 13.8. The molecule has 2 nitrogen and oxygen atoms in total. The number of aryl methyl sites for hydroxylation is 1. The summed E-state index contributed by atoms with van der Waals surface area (Å²) in [6, 6.07) is 9.18. The van der Waals surface area contributed by atoms with Crippen LogP contribution in [0.15, 0.2) is 24.3 Å². The Labute approximate surface area is 138 Å². The number of imidazole rings is 1. The van der Waals surface area contributed by atoms with Gasteiger partial charge in [-0.2, -0.15) is 0 Å². The zero-order valence-corrected chi connectivity index (χ0v) is 14.4. The van der Waals surface area contributed by atoms with E-state index in [4.69, 9.17) is 4.98 Å². The van der Waals surface area contributed by atoms with Crippen LogP contribution in [0.4, 0.5) is 0 Å². The molecule has 2 heterocycles. The first-order chi connectivity index (χ1) is 11.2. The molecule has 1 aromatic carbocycles. The standard InChI is InChI=1S/C21H26N2/c1-15-16(2)23-19(22-15)17-9-3-4-10-18(17)20-11-5-7-13-21(20,23)14-8-6-12-20/h3-4,9-10H,5-8,11-14H2,1-2H3. The van der Waals surface area contributed by atoms with Gasteiger partial charge in [-0.3, -0.25) is 0 Å². The molecule has 0 unspecified atom stereocenters. The van der Waals surface area contributed by atoms with Gasteiger partial charge >= 0.3 is 0 Å². The van der Waals surface area contributed by atoms with E-state index in [2.05, 4.69) is 42.7 Å². The molecule has 2 heteroatoms. The normalized spacial score (nSPS) is 31.7. The molecule has 5 rings (SSSR count). The Morgan fingerprint density at radius 1 is 0.913 bits per heavy atom. The first-order valence-electron chi connectivity index (χ1n) is 9.36. The average Bonchev–Trinajstić information content (AvgIpc) is 2.90. The highest BCUT2D eigenvalue weighted by atomic mass is 15.2. The SMILES string of the molecule is Cc1nc2n(c1C)C13CCCCC1(CCCC3)c1ccccc1-2. The van der Waals surface area contributed by atoms with Crippen LogP contribution in [0.25, 0.3) is 11.4 Å². The van der Waals surface area contributed by atoms with Crippen molar-refractivity contribution in [2.24, 2.45) is 0 Å². The molecule has 0 bridgehead atoms. The van der Waals surface area contributed by atoms with E-state index in [1.54, 1.807) is 5.56 Å². The largest absolute Gasteiger partial charge is 0.321 e. The maximum atomic E-state index is 5.03. The lowest BCUT2D eigenvalue weighted by molar-refractivity contribution is 0.0151. The molecule has 0 N–H and O–H groups in total. The lowest BCUT2D eigenvalue weighted by Crippen LogP contribution is -2.59. The molecule has 1 aliphatic heterocycles. The number of aromatic nitrogens is 2. The van der Waals surface area contributed by atoms with Gasteiger partial charge in [-0.25, -0.2) is 4.98 Å². The van der Waals surface area contributed by atoms with Crippen molar-refractivity contribution in [3.63, 3.8) is 0 Å². The summed E-state index contributed by atoms with van der Waals surface area (Å²) < 4.78 is 2.70. The van der Waals surface area contributed by atoms with Crippen molar-refractivity contribution in [3.05, 3.63) is 41.2 Å². The monoisotopic (exact) mass is 306 g/mol. The van der Waals surface area contributed by atoms with Crippen LogP contribution in [0, 0.1) is 13.8 Å². The van der Waals surface area contributed by atoms with Crippen LogP contribution >= 0.6 is 0 Å². The van der Waals surface area contributed by atoms with Crippen LogP contribution in [0.5, 0.6) is 0 Å². The third-order valence-corrected chi connectivity index (χ3v) is 7.23. The van der Waals surface area contributed by atoms with E-state index in [0.29, 0.717) is 11.0 Å². The Morgan fingerprint density at radius 2 is 1.57 bits per heavy atom. The van der Waals surface area contributed by atoms with Crippen molar-refractivity contribution < 1.29 is 0 Å². The molecule has 0 saturated heterocycles. The molecule has 0 amide bonds. The molecule has 0 radical (unpaired) electrons. The van der Waals surface area contributed by atoms with Crippen molar-refractivity contribution in [2.45, 2.75) is 76.2 Å². The van der Waals surface area contributed by atoms with Crippen LogP contribution < -0.4 is 0 Å². The third kappa shape index (κ3) is 1.48. The van der Waals surface area contributed by atoms with E-state index in [0.717, 1.165) is 0 Å². The van der Waals surface area contributed by atoms with Crippen LogP contribution in [-0.2, 0) is 11.0 Å². The van der Waals surface area contributed by atoms with Gasteiger partial charge in [-0.05, 0) is 45.1 Å². The molecular weight excluding hydrogens is 280 g/mol. The third-order valence-electron chi connectivity index (χ3n) is 7.23. The van der Waals surface area contributed by atoms with Crippen LogP contribution in [-0.4, -0.2) is 9.55 Å². The van der Waals surface area contributed by atoms with E-state index in [-0.39, 0.29) is 0 Å². The Balaban J connectivity index is 1.92. The Morgan fingerprint density at radius 3 is 2.30 bits per heavy atom. The summed E-state index contributed by atoms with van der Waals surface area (Å²) in [6.45, 7) is 4.48. The zero-order chi connectivity index (χ0) is 15.7. The molecule has 0 atom stereocenters. The highest BCUT2D eigenvalue weighted by Crippen LogP contribution is 2.63. The lowest BCUT2D eigenvalue weighted by Gasteiger charge is -2.61. The van der Waals surface area contributed by atoms with Gasteiger partial charge < -0.3 is 4.57 Å². The minimum absolute atomic E-state index is 0.290. The van der Waals surface area contributed by atoms with Crippen molar-refractivity contribution in [1.82, 2.24) is 9.55 Å². The second kappa shape index (κ2) is 4.49. The maximum Gasteiger partial charge on any atom is 0.141 e. The fourth-order valence-electron chi connectivity index (χ4n) is 6.25. The molecule has 1 aromatic heterocycles. The smallest absolute Gasteiger partial charge is 0.141 e. The molecule has 23 heavy (non-hydrogen) atoms. The number of nitrogens with zero attached hydrogens (tertiary/aromatic N) is 2. The molecule has 120 valence electrons. The summed E-state index contributed by atoms with van der Waals surface area (Å²) in [6.07, 6.45) is 10.9. The summed E-state index contributed by atoms with van der Waals surface area (Å²) in [5.74, 6) is 1.25. The highest BCUT2D eigenvalue weighted by molar-refractivity contribution is 5.68. The van der Waals surface area contributed by atoms with Crippen molar-refractivity contribution in [2.75, 3.05) is 0 Å². The number of benzene rings is 1. The minimum atomic E-state index is 0.290. The topological polar surface area (TPSA) is 17.8 Å². The molecule has 2 saturated carbocycles. The van der Waals surface area contributed by atoms with E-state index in [9.17, 15) is 0 Å². The summed E-state index contributed by atoms with van der Waals surface area (Å²) in [7, 11) is 0. The summed E-state index contributed by atoms with van der Waals surface area (Å²) in [5.41, 5.74) is 6.28. The number of fused-ring (bicyclic) bond motifs is 3. The van der Waals surface area contributed by atoms with Gasteiger partial charge in [0.25, 0.3) is 0 Å². The highest BCUT2D eigenvalue weighted by Gasteiger charge is 2.59. The second-order valence-electron chi connectivity index (χ2n) is 8.02. The molecule has 2 aliphatic carbocycles. The molecule has 3 aliphatic rings. The van der Waals surface area contributed by atoms with Gasteiger partial charge in [-0.15, -0.1) is 0 Å². The van der Waals surface area contributed by atoms with Crippen molar-refractivity contribution >= 4 is 0 Å². The van der Waals surface area contributed by atoms with Gasteiger partial charge in [-0.1, -0.05) is 49.9 Å². The van der Waals surface area contributed by atoms with Gasteiger partial charge in [0.15, 0.2) is 0 Å². The Kier molecular flexibility index (Phi) is 2.70. The number of hydrogen-bond acceptors (Lipinski definition) is 1. The van der Waals surface area contributed by atoms with Crippen LogP contribution in [0.1, 0.15) is 68.3 Å². The molecule has 2 fully saturated rings. The predicted molar refractivity (Wildman–Crippen MR) is 93.7 cm³/mol. The summed E-state index contributed by atoms with van der Waals surface area (Å²) >= 11 is 0. The Hall–Kier alpha value is -1.57.